The molecule has 0 saturated carbocycles. The molecule has 4 heterocycles. The first-order valence-electron chi connectivity index (χ1n) is 11.7. The number of hydrogen-bond acceptors (Lipinski definition) is 7. The second-order valence-corrected chi connectivity index (χ2v) is 9.32. The normalized spacial score (nSPS) is 19.2. The lowest BCUT2D eigenvalue weighted by atomic mass is 10.0. The predicted molar refractivity (Wildman–Crippen MR) is 127 cm³/mol. The first-order valence-corrected chi connectivity index (χ1v) is 12.1. The number of nitrogens with zero attached hydrogens (tertiary/aromatic N) is 3. The van der Waals surface area contributed by atoms with Crippen molar-refractivity contribution in [3.05, 3.63) is 40.5 Å². The van der Waals surface area contributed by atoms with E-state index in [1.807, 2.05) is 12.1 Å². The molecule has 9 nitrogen and oxygen atoms in total. The Labute approximate surface area is 203 Å². The average Bonchev–Trinajstić information content (AvgIpc) is 3.16. The van der Waals surface area contributed by atoms with E-state index in [4.69, 9.17) is 21.1 Å². The SMILES string of the molecule is O=C(CN1Cc2ccc(-c3nc(NC4CCOCC4)ncc3Cl)cc2C1=O)NC1CCOCC1. The van der Waals surface area contributed by atoms with Crippen molar-refractivity contribution in [1.29, 1.82) is 0 Å². The fraction of sp³-hybridized carbons (Fsp3) is 0.500. The van der Waals surface area contributed by atoms with E-state index >= 15 is 0 Å². The maximum Gasteiger partial charge on any atom is 0.254 e. The topological polar surface area (TPSA) is 106 Å². The molecule has 10 heteroatoms. The number of rotatable bonds is 6. The number of halogens is 1. The van der Waals surface area contributed by atoms with Crippen molar-refractivity contribution in [2.75, 3.05) is 38.3 Å². The lowest BCUT2D eigenvalue weighted by Gasteiger charge is -2.24. The summed E-state index contributed by atoms with van der Waals surface area (Å²) in [7, 11) is 0. The van der Waals surface area contributed by atoms with Crippen LogP contribution < -0.4 is 10.6 Å². The Kier molecular flexibility index (Phi) is 6.94. The van der Waals surface area contributed by atoms with Gasteiger partial charge in [-0.15, -0.1) is 0 Å². The summed E-state index contributed by atoms with van der Waals surface area (Å²) >= 11 is 6.42. The van der Waals surface area contributed by atoms with Crippen molar-refractivity contribution in [3.63, 3.8) is 0 Å². The van der Waals surface area contributed by atoms with Crippen LogP contribution in [0, 0.1) is 0 Å². The molecule has 0 atom stereocenters. The lowest BCUT2D eigenvalue weighted by molar-refractivity contribution is -0.123. The van der Waals surface area contributed by atoms with Crippen molar-refractivity contribution < 1.29 is 19.1 Å². The van der Waals surface area contributed by atoms with Crippen LogP contribution in [0.4, 0.5) is 5.95 Å². The number of anilines is 1. The molecule has 1 aromatic carbocycles. The van der Waals surface area contributed by atoms with Gasteiger partial charge in [0.25, 0.3) is 5.91 Å². The summed E-state index contributed by atoms with van der Waals surface area (Å²) in [6, 6.07) is 5.98. The predicted octanol–water partition coefficient (Wildman–Crippen LogP) is 2.64. The maximum absolute atomic E-state index is 13.1. The molecule has 2 N–H and O–H groups in total. The highest BCUT2D eigenvalue weighted by Crippen LogP contribution is 2.31. The number of carbonyl (C=O) groups excluding carboxylic acids is 2. The highest BCUT2D eigenvalue weighted by Gasteiger charge is 2.30. The molecule has 0 bridgehead atoms. The molecular formula is C24H28ClN5O4. The van der Waals surface area contributed by atoms with E-state index in [-0.39, 0.29) is 30.4 Å². The molecule has 34 heavy (non-hydrogen) atoms. The zero-order valence-electron chi connectivity index (χ0n) is 18.9. The fourth-order valence-electron chi connectivity index (χ4n) is 4.59. The molecule has 5 rings (SSSR count). The third-order valence-electron chi connectivity index (χ3n) is 6.48. The fourth-order valence-corrected chi connectivity index (χ4v) is 4.79. The van der Waals surface area contributed by atoms with Crippen LogP contribution in [-0.2, 0) is 20.8 Å². The summed E-state index contributed by atoms with van der Waals surface area (Å²) < 4.78 is 10.7. The number of nitrogens with one attached hydrogen (secondary N) is 2. The van der Waals surface area contributed by atoms with Crippen molar-refractivity contribution in [3.8, 4) is 11.3 Å². The first-order chi connectivity index (χ1) is 16.6. The van der Waals surface area contributed by atoms with Crippen molar-refractivity contribution in [2.24, 2.45) is 0 Å². The quantitative estimate of drug-likeness (QED) is 0.647. The zero-order valence-corrected chi connectivity index (χ0v) is 19.6. The van der Waals surface area contributed by atoms with Gasteiger partial charge >= 0.3 is 0 Å². The standard InChI is InChI=1S/C24H28ClN5O4/c25-20-12-26-24(28-18-5-9-34-10-6-18)29-22(20)15-1-2-16-13-30(23(32)19(16)11-15)14-21(31)27-17-3-7-33-8-4-17/h1-2,11-12,17-18H,3-10,13-14H2,(H,27,31)(H,26,28,29). The number of fused-ring (bicyclic) bond motifs is 1. The number of benzene rings is 1. The van der Waals surface area contributed by atoms with Gasteiger partial charge in [0.15, 0.2) is 0 Å². The van der Waals surface area contributed by atoms with E-state index < -0.39 is 0 Å². The van der Waals surface area contributed by atoms with Gasteiger partial charge in [-0.2, -0.15) is 0 Å². The molecule has 0 spiro atoms. The van der Waals surface area contributed by atoms with Gasteiger partial charge in [-0.25, -0.2) is 9.97 Å². The molecule has 2 amide bonds. The summed E-state index contributed by atoms with van der Waals surface area (Å²) in [5, 5.41) is 6.78. The molecule has 2 saturated heterocycles. The molecule has 3 aliphatic heterocycles. The van der Waals surface area contributed by atoms with Crippen LogP contribution in [0.5, 0.6) is 0 Å². The van der Waals surface area contributed by atoms with Gasteiger partial charge in [-0.05, 0) is 37.3 Å². The van der Waals surface area contributed by atoms with Gasteiger partial charge in [0.1, 0.15) is 6.54 Å². The Bertz CT molecular complexity index is 1070. The second-order valence-electron chi connectivity index (χ2n) is 8.91. The highest BCUT2D eigenvalue weighted by molar-refractivity contribution is 6.33. The van der Waals surface area contributed by atoms with Crippen LogP contribution in [-0.4, -0.2) is 71.7 Å². The molecule has 3 aliphatic rings. The van der Waals surface area contributed by atoms with E-state index in [2.05, 4.69) is 20.6 Å². The minimum Gasteiger partial charge on any atom is -0.381 e. The Morgan fingerprint density at radius 2 is 1.79 bits per heavy atom. The highest BCUT2D eigenvalue weighted by atomic mass is 35.5. The van der Waals surface area contributed by atoms with Crippen LogP contribution in [0.15, 0.2) is 24.4 Å². The molecular weight excluding hydrogens is 458 g/mol. The molecule has 0 unspecified atom stereocenters. The number of amides is 2. The number of ether oxygens (including phenoxy) is 2. The van der Waals surface area contributed by atoms with Crippen molar-refractivity contribution in [1.82, 2.24) is 20.2 Å². The Morgan fingerprint density at radius 1 is 1.09 bits per heavy atom. The lowest BCUT2D eigenvalue weighted by Crippen LogP contribution is -2.44. The largest absolute Gasteiger partial charge is 0.381 e. The smallest absolute Gasteiger partial charge is 0.254 e. The summed E-state index contributed by atoms with van der Waals surface area (Å²) in [6.07, 6.45) is 4.97. The second kappa shape index (κ2) is 10.2. The zero-order chi connectivity index (χ0) is 23.5. The van der Waals surface area contributed by atoms with E-state index in [1.54, 1.807) is 17.2 Å². The first kappa shape index (κ1) is 23.0. The Balaban J connectivity index is 1.28. The van der Waals surface area contributed by atoms with Crippen molar-refractivity contribution in [2.45, 2.75) is 44.3 Å². The van der Waals surface area contributed by atoms with Crippen LogP contribution in [0.3, 0.4) is 0 Å². The third kappa shape index (κ3) is 5.16. The molecule has 2 fully saturated rings. The minimum absolute atomic E-state index is 0.0354. The van der Waals surface area contributed by atoms with E-state index in [1.165, 1.54) is 0 Å². The Morgan fingerprint density at radius 3 is 2.53 bits per heavy atom. The molecule has 0 radical (unpaired) electrons. The summed E-state index contributed by atoms with van der Waals surface area (Å²) in [4.78, 5) is 36.1. The Hall–Kier alpha value is -2.75. The average molecular weight is 486 g/mol. The van der Waals surface area contributed by atoms with Crippen molar-refractivity contribution >= 4 is 29.4 Å². The van der Waals surface area contributed by atoms with Gasteiger partial charge in [-0.3, -0.25) is 9.59 Å². The molecule has 1 aromatic heterocycles. The summed E-state index contributed by atoms with van der Waals surface area (Å²) in [5.41, 5.74) is 2.77. The maximum atomic E-state index is 13.1. The van der Waals surface area contributed by atoms with E-state index in [0.29, 0.717) is 55.2 Å². The number of aromatic nitrogens is 2. The molecule has 180 valence electrons. The molecule has 2 aromatic rings. The van der Waals surface area contributed by atoms with Gasteiger partial charge < -0.3 is 25.0 Å². The number of carbonyl (C=O) groups is 2. The minimum atomic E-state index is -0.162. The molecule has 0 aliphatic carbocycles. The van der Waals surface area contributed by atoms with Gasteiger partial charge in [0.05, 0.1) is 16.9 Å². The van der Waals surface area contributed by atoms with Crippen LogP contribution in [0.25, 0.3) is 11.3 Å². The van der Waals surface area contributed by atoms with Crippen LogP contribution in [0.1, 0.15) is 41.6 Å². The monoisotopic (exact) mass is 485 g/mol. The van der Waals surface area contributed by atoms with E-state index in [0.717, 1.165) is 36.8 Å². The summed E-state index contributed by atoms with van der Waals surface area (Å²) in [6.45, 7) is 3.18. The number of hydrogen-bond donors (Lipinski definition) is 2. The third-order valence-corrected chi connectivity index (χ3v) is 6.76. The van der Waals surface area contributed by atoms with Gasteiger partial charge in [-0.1, -0.05) is 23.7 Å². The van der Waals surface area contributed by atoms with E-state index in [9.17, 15) is 9.59 Å². The summed E-state index contributed by atoms with van der Waals surface area (Å²) in [5.74, 6) is 0.199. The van der Waals surface area contributed by atoms with Crippen LogP contribution in [0.2, 0.25) is 5.02 Å². The van der Waals surface area contributed by atoms with Gasteiger partial charge in [0.2, 0.25) is 11.9 Å². The van der Waals surface area contributed by atoms with Gasteiger partial charge in [0, 0.05) is 56.2 Å². The van der Waals surface area contributed by atoms with Crippen LogP contribution >= 0.6 is 11.6 Å².